The number of benzene rings is 1. The second-order valence-corrected chi connectivity index (χ2v) is 7.79. The van der Waals surface area contributed by atoms with Crippen molar-refractivity contribution in [2.24, 2.45) is 10.4 Å². The van der Waals surface area contributed by atoms with Crippen molar-refractivity contribution >= 4 is 23.6 Å². The summed E-state index contributed by atoms with van der Waals surface area (Å²) in [5.74, 6) is 0.741. The molecule has 0 saturated heterocycles. The number of carbonyl (C=O) groups is 1. The summed E-state index contributed by atoms with van der Waals surface area (Å²) in [5.41, 5.74) is -0.526. The number of nitrogens with one attached hydrogen (secondary N) is 3. The van der Waals surface area contributed by atoms with Gasteiger partial charge in [-0.2, -0.15) is 0 Å². The number of guanidine groups is 1. The predicted octanol–water partition coefficient (Wildman–Crippen LogP) is 2.49. The van der Waals surface area contributed by atoms with E-state index in [4.69, 9.17) is 0 Å². The number of hydrogen-bond donors (Lipinski definition) is 3. The molecule has 0 spiro atoms. The van der Waals surface area contributed by atoms with E-state index in [1.54, 1.807) is 7.05 Å². The minimum absolute atomic E-state index is 0.00454. The summed E-state index contributed by atoms with van der Waals surface area (Å²) in [6, 6.07) is 10.4. The van der Waals surface area contributed by atoms with E-state index in [1.807, 2.05) is 38.6 Å². The summed E-state index contributed by atoms with van der Waals surface area (Å²) >= 11 is 1.83. The zero-order chi connectivity index (χ0) is 18.0. The van der Waals surface area contributed by atoms with Gasteiger partial charge in [-0.25, -0.2) is 0 Å². The Hall–Kier alpha value is -1.69. The van der Waals surface area contributed by atoms with Crippen LogP contribution < -0.4 is 16.0 Å². The van der Waals surface area contributed by atoms with E-state index < -0.39 is 5.41 Å². The lowest BCUT2D eigenvalue weighted by Crippen LogP contribution is -2.42. The largest absolute Gasteiger partial charge is 0.359 e. The lowest BCUT2D eigenvalue weighted by atomic mass is 9.93. The Kier molecular flexibility index (Phi) is 8.68. The maximum absolute atomic E-state index is 11.8. The second kappa shape index (κ2) is 10.2. The predicted molar refractivity (Wildman–Crippen MR) is 104 cm³/mol. The monoisotopic (exact) mass is 350 g/mol. The minimum atomic E-state index is -0.526. The van der Waals surface area contributed by atoms with Gasteiger partial charge in [0.15, 0.2) is 5.96 Å². The zero-order valence-corrected chi connectivity index (χ0v) is 16.2. The fourth-order valence-corrected chi connectivity index (χ4v) is 2.99. The molecule has 1 unspecified atom stereocenters. The van der Waals surface area contributed by atoms with Crippen molar-refractivity contribution in [1.82, 2.24) is 16.0 Å². The fraction of sp³-hybridized carbons (Fsp3) is 0.556. The van der Waals surface area contributed by atoms with Crippen LogP contribution in [0.25, 0.3) is 0 Å². The van der Waals surface area contributed by atoms with Crippen LogP contribution in [0.1, 0.15) is 27.7 Å². The van der Waals surface area contributed by atoms with Gasteiger partial charge in [0, 0.05) is 30.3 Å². The van der Waals surface area contributed by atoms with Crippen molar-refractivity contribution in [1.29, 1.82) is 0 Å². The molecule has 1 aromatic rings. The molecule has 0 bridgehead atoms. The van der Waals surface area contributed by atoms with Crippen LogP contribution >= 0.6 is 11.8 Å². The first-order chi connectivity index (χ1) is 11.4. The molecule has 0 aliphatic rings. The number of aliphatic imine (C=N–C) groups is 1. The number of hydrogen-bond acceptors (Lipinski definition) is 3. The Labute approximate surface area is 150 Å². The van der Waals surface area contributed by atoms with E-state index in [9.17, 15) is 4.79 Å². The number of amides is 1. The lowest BCUT2D eigenvalue weighted by molar-refractivity contribution is -0.128. The highest BCUT2D eigenvalue weighted by atomic mass is 32.2. The molecule has 1 aromatic carbocycles. The average molecular weight is 351 g/mol. The molecule has 1 atom stereocenters. The summed E-state index contributed by atoms with van der Waals surface area (Å²) in [6.45, 7) is 10.0. The van der Waals surface area contributed by atoms with Crippen molar-refractivity contribution in [3.8, 4) is 0 Å². The summed E-state index contributed by atoms with van der Waals surface area (Å²) < 4.78 is 0. The highest BCUT2D eigenvalue weighted by Gasteiger charge is 2.26. The first-order valence-electron chi connectivity index (χ1n) is 8.35. The van der Waals surface area contributed by atoms with Crippen LogP contribution in [0.5, 0.6) is 0 Å². The molecule has 0 aromatic heterocycles. The first kappa shape index (κ1) is 20.4. The van der Waals surface area contributed by atoms with Gasteiger partial charge < -0.3 is 16.0 Å². The van der Waals surface area contributed by atoms with Crippen LogP contribution in [0.4, 0.5) is 0 Å². The van der Waals surface area contributed by atoms with Crippen molar-refractivity contribution in [3.63, 3.8) is 0 Å². The molecule has 0 saturated carbocycles. The number of carbonyl (C=O) groups excluding carboxylic acids is 1. The van der Waals surface area contributed by atoms with Gasteiger partial charge in [0.25, 0.3) is 0 Å². The molecule has 3 N–H and O–H groups in total. The summed E-state index contributed by atoms with van der Waals surface area (Å²) in [4.78, 5) is 17.7. The van der Waals surface area contributed by atoms with Crippen LogP contribution in [-0.4, -0.2) is 43.8 Å². The van der Waals surface area contributed by atoms with Crippen LogP contribution in [0.15, 0.2) is 40.2 Å². The van der Waals surface area contributed by atoms with Crippen LogP contribution in [0, 0.1) is 5.41 Å². The third-order valence-electron chi connectivity index (χ3n) is 3.46. The number of nitrogens with zero attached hydrogens (tertiary/aromatic N) is 1. The Morgan fingerprint density at radius 3 is 2.50 bits per heavy atom. The quantitative estimate of drug-likeness (QED) is 0.383. The molecular formula is C18H30N4OS. The lowest BCUT2D eigenvalue weighted by Gasteiger charge is -2.21. The van der Waals surface area contributed by atoms with Crippen LogP contribution in [0.2, 0.25) is 0 Å². The third-order valence-corrected chi connectivity index (χ3v) is 4.57. The van der Waals surface area contributed by atoms with Crippen molar-refractivity contribution in [2.45, 2.75) is 37.8 Å². The van der Waals surface area contributed by atoms with Gasteiger partial charge >= 0.3 is 0 Å². The smallest absolute Gasteiger partial charge is 0.227 e. The Balaban J connectivity index is 2.56. The van der Waals surface area contributed by atoms with Gasteiger partial charge in [-0.1, -0.05) is 25.1 Å². The maximum Gasteiger partial charge on any atom is 0.227 e. The van der Waals surface area contributed by atoms with E-state index in [1.165, 1.54) is 4.90 Å². The first-order valence-corrected chi connectivity index (χ1v) is 9.23. The minimum Gasteiger partial charge on any atom is -0.359 e. The molecule has 5 nitrogen and oxygen atoms in total. The van der Waals surface area contributed by atoms with Crippen molar-refractivity contribution in [2.75, 3.05) is 26.7 Å². The fourth-order valence-electron chi connectivity index (χ4n) is 2.04. The van der Waals surface area contributed by atoms with Gasteiger partial charge in [0.1, 0.15) is 0 Å². The Bertz CT molecular complexity index is 531. The molecule has 24 heavy (non-hydrogen) atoms. The number of rotatable bonds is 8. The second-order valence-electron chi connectivity index (χ2n) is 6.28. The van der Waals surface area contributed by atoms with Gasteiger partial charge in [0.2, 0.25) is 5.91 Å². The topological polar surface area (TPSA) is 65.5 Å². The molecule has 0 aliphatic heterocycles. The van der Waals surface area contributed by atoms with E-state index in [2.05, 4.69) is 52.1 Å². The summed E-state index contributed by atoms with van der Waals surface area (Å²) in [7, 11) is 1.65. The van der Waals surface area contributed by atoms with E-state index in [0.29, 0.717) is 11.8 Å². The molecule has 0 heterocycles. The Morgan fingerprint density at radius 2 is 1.92 bits per heavy atom. The summed E-state index contributed by atoms with van der Waals surface area (Å²) in [5, 5.41) is 9.68. The van der Waals surface area contributed by atoms with E-state index in [0.717, 1.165) is 19.0 Å². The van der Waals surface area contributed by atoms with E-state index >= 15 is 0 Å². The van der Waals surface area contributed by atoms with Crippen LogP contribution in [0.3, 0.4) is 0 Å². The molecule has 0 aliphatic carbocycles. The highest BCUT2D eigenvalue weighted by Crippen LogP contribution is 2.22. The van der Waals surface area contributed by atoms with Gasteiger partial charge in [-0.15, -0.1) is 11.8 Å². The standard InChI is InChI=1S/C18H30N4OS/c1-6-20-17(22-13-18(3,4)16(23)19-5)21-12-14(2)24-15-10-8-7-9-11-15/h7-11,14H,6,12-13H2,1-5H3,(H,19,23)(H2,20,21,22). The normalized spacial score (nSPS) is 13.3. The average Bonchev–Trinajstić information content (AvgIpc) is 2.57. The summed E-state index contributed by atoms with van der Waals surface area (Å²) in [6.07, 6.45) is 0. The van der Waals surface area contributed by atoms with Gasteiger partial charge in [0.05, 0.1) is 12.0 Å². The molecule has 1 amide bonds. The molecule has 1 rings (SSSR count). The SMILES string of the molecule is CCNC(=NCC(C)(C)C(=O)NC)NCC(C)Sc1ccccc1. The van der Waals surface area contributed by atoms with Gasteiger partial charge in [-0.3, -0.25) is 9.79 Å². The van der Waals surface area contributed by atoms with Crippen molar-refractivity contribution in [3.05, 3.63) is 30.3 Å². The number of thioether (sulfide) groups is 1. The molecule has 0 radical (unpaired) electrons. The zero-order valence-electron chi connectivity index (χ0n) is 15.3. The third kappa shape index (κ3) is 7.25. The molecule has 0 fully saturated rings. The van der Waals surface area contributed by atoms with Crippen LogP contribution in [-0.2, 0) is 4.79 Å². The van der Waals surface area contributed by atoms with E-state index in [-0.39, 0.29) is 5.91 Å². The maximum atomic E-state index is 11.8. The molecule has 6 heteroatoms. The Morgan fingerprint density at radius 1 is 1.25 bits per heavy atom. The highest BCUT2D eigenvalue weighted by molar-refractivity contribution is 8.00. The van der Waals surface area contributed by atoms with Crippen molar-refractivity contribution < 1.29 is 4.79 Å². The molecule has 134 valence electrons. The van der Waals surface area contributed by atoms with Gasteiger partial charge in [-0.05, 0) is 32.9 Å². The molecular weight excluding hydrogens is 320 g/mol.